The first-order chi connectivity index (χ1) is 9.50. The number of carbonyl (C=O) groups is 1. The highest BCUT2D eigenvalue weighted by Gasteiger charge is 2.39. The first-order valence-electron chi connectivity index (χ1n) is 6.62. The molecule has 1 atom stereocenters. The van der Waals surface area contributed by atoms with E-state index in [-0.39, 0.29) is 5.03 Å². The smallest absolute Gasteiger partial charge is 0.324 e. The maximum atomic E-state index is 12.6. The molecule has 0 aliphatic carbocycles. The van der Waals surface area contributed by atoms with Crippen molar-refractivity contribution in [1.29, 1.82) is 0 Å². The quantitative estimate of drug-likeness (QED) is 0.761. The van der Waals surface area contributed by atoms with Gasteiger partial charge in [-0.15, -0.1) is 0 Å². The molecule has 0 N–H and O–H groups in total. The maximum Gasteiger partial charge on any atom is 0.324 e. The van der Waals surface area contributed by atoms with Gasteiger partial charge in [0, 0.05) is 19.3 Å². The number of aromatic nitrogens is 2. The van der Waals surface area contributed by atoms with Gasteiger partial charge in [0.15, 0.2) is 5.03 Å². The van der Waals surface area contributed by atoms with Crippen LogP contribution in [0.5, 0.6) is 0 Å². The van der Waals surface area contributed by atoms with Crippen molar-refractivity contribution in [2.75, 3.05) is 13.7 Å². The zero-order valence-corrected chi connectivity index (χ0v) is 12.5. The lowest BCUT2D eigenvalue weighted by Gasteiger charge is -2.31. The Hall–Kier alpha value is -1.41. The third kappa shape index (κ3) is 2.71. The second-order valence-corrected chi connectivity index (χ2v) is 6.53. The molecule has 1 saturated heterocycles. The average Bonchev–Trinajstić information content (AvgIpc) is 2.96. The number of carbonyl (C=O) groups excluding carboxylic acids is 1. The van der Waals surface area contributed by atoms with Crippen LogP contribution in [-0.4, -0.2) is 47.9 Å². The average molecular weight is 301 g/mol. The molecule has 1 aromatic heterocycles. The van der Waals surface area contributed by atoms with Crippen LogP contribution in [0.3, 0.4) is 0 Å². The Morgan fingerprint density at radius 2 is 2.25 bits per heavy atom. The van der Waals surface area contributed by atoms with Crippen LogP contribution in [0.1, 0.15) is 26.2 Å². The summed E-state index contributed by atoms with van der Waals surface area (Å²) in [5.74, 6) is -0.511. The standard InChI is InChI=1S/C12H19N3O4S/c1-3-14-8-11(13-9-14)20(17,18)15-7-5-4-6-10(15)12(16)19-2/h8-10H,3-7H2,1-2H3. The minimum atomic E-state index is -3.76. The van der Waals surface area contributed by atoms with E-state index in [0.29, 0.717) is 19.5 Å². The molecular formula is C12H19N3O4S. The predicted octanol–water partition coefficient (Wildman–Crippen LogP) is 0.619. The highest BCUT2D eigenvalue weighted by Crippen LogP contribution is 2.25. The molecule has 2 rings (SSSR count). The first kappa shape index (κ1) is 15.0. The summed E-state index contributed by atoms with van der Waals surface area (Å²) in [4.78, 5) is 15.7. The number of ether oxygens (including phenoxy) is 1. The number of methoxy groups -OCH3 is 1. The van der Waals surface area contributed by atoms with Gasteiger partial charge >= 0.3 is 5.97 Å². The number of sulfonamides is 1. The Labute approximate surface area is 118 Å². The molecule has 1 aromatic rings. The summed E-state index contributed by atoms with van der Waals surface area (Å²) < 4.78 is 32.8. The summed E-state index contributed by atoms with van der Waals surface area (Å²) in [6, 6.07) is -0.745. The highest BCUT2D eigenvalue weighted by atomic mass is 32.2. The van der Waals surface area contributed by atoms with E-state index in [0.717, 1.165) is 12.8 Å². The van der Waals surface area contributed by atoms with Gasteiger partial charge in [0.25, 0.3) is 10.0 Å². The Balaban J connectivity index is 2.32. The summed E-state index contributed by atoms with van der Waals surface area (Å²) in [7, 11) is -2.48. The van der Waals surface area contributed by atoms with Gasteiger partial charge in [-0.3, -0.25) is 4.79 Å². The van der Waals surface area contributed by atoms with E-state index in [9.17, 15) is 13.2 Å². The van der Waals surface area contributed by atoms with Crippen LogP contribution in [0.4, 0.5) is 0 Å². The van der Waals surface area contributed by atoms with E-state index in [1.54, 1.807) is 4.57 Å². The van der Waals surface area contributed by atoms with Crippen molar-refractivity contribution in [1.82, 2.24) is 13.9 Å². The normalized spacial score (nSPS) is 20.8. The third-order valence-electron chi connectivity index (χ3n) is 3.47. The fourth-order valence-corrected chi connectivity index (χ4v) is 3.92. The lowest BCUT2D eigenvalue weighted by atomic mass is 10.1. The van der Waals surface area contributed by atoms with Crippen molar-refractivity contribution in [3.05, 3.63) is 12.5 Å². The Morgan fingerprint density at radius 1 is 1.50 bits per heavy atom. The molecule has 1 aliphatic rings. The van der Waals surface area contributed by atoms with E-state index >= 15 is 0 Å². The number of esters is 1. The molecule has 1 unspecified atom stereocenters. The topological polar surface area (TPSA) is 81.5 Å². The fourth-order valence-electron chi connectivity index (χ4n) is 2.33. The fraction of sp³-hybridized carbons (Fsp3) is 0.667. The van der Waals surface area contributed by atoms with Crippen molar-refractivity contribution < 1.29 is 17.9 Å². The predicted molar refractivity (Wildman–Crippen MR) is 71.4 cm³/mol. The van der Waals surface area contributed by atoms with E-state index in [4.69, 9.17) is 4.74 Å². The highest BCUT2D eigenvalue weighted by molar-refractivity contribution is 7.89. The van der Waals surface area contributed by atoms with E-state index < -0.39 is 22.0 Å². The van der Waals surface area contributed by atoms with Gasteiger partial charge in [0.2, 0.25) is 0 Å². The summed E-state index contributed by atoms with van der Waals surface area (Å²) in [5.41, 5.74) is 0. The van der Waals surface area contributed by atoms with Gasteiger partial charge < -0.3 is 9.30 Å². The molecule has 1 aliphatic heterocycles. The van der Waals surface area contributed by atoms with Gasteiger partial charge in [-0.05, 0) is 26.2 Å². The molecule has 0 aromatic carbocycles. The molecule has 112 valence electrons. The second-order valence-electron chi connectivity index (χ2n) is 4.69. The van der Waals surface area contributed by atoms with Gasteiger partial charge in [0.05, 0.1) is 13.4 Å². The Kier molecular flexibility index (Phi) is 4.44. The third-order valence-corrected chi connectivity index (χ3v) is 5.27. The largest absolute Gasteiger partial charge is 0.468 e. The van der Waals surface area contributed by atoms with Gasteiger partial charge in [-0.25, -0.2) is 13.4 Å². The number of imidazole rings is 1. The van der Waals surface area contributed by atoms with E-state index in [2.05, 4.69) is 4.98 Å². The summed E-state index contributed by atoms with van der Waals surface area (Å²) >= 11 is 0. The number of piperidine rings is 1. The van der Waals surface area contributed by atoms with E-state index in [1.165, 1.54) is 23.9 Å². The SMILES string of the molecule is CCn1cnc(S(=O)(=O)N2CCCCC2C(=O)OC)c1. The number of hydrogen-bond donors (Lipinski definition) is 0. The van der Waals surface area contributed by atoms with Crippen LogP contribution in [0.2, 0.25) is 0 Å². The molecule has 0 saturated carbocycles. The summed E-state index contributed by atoms with van der Waals surface area (Å²) in [6.45, 7) is 2.86. The molecule has 0 spiro atoms. The molecular weight excluding hydrogens is 282 g/mol. The number of nitrogens with zero attached hydrogens (tertiary/aromatic N) is 3. The van der Waals surface area contributed by atoms with Crippen molar-refractivity contribution >= 4 is 16.0 Å². The van der Waals surface area contributed by atoms with Crippen LogP contribution < -0.4 is 0 Å². The molecule has 7 nitrogen and oxygen atoms in total. The molecule has 0 bridgehead atoms. The second kappa shape index (κ2) is 5.92. The first-order valence-corrected chi connectivity index (χ1v) is 8.06. The van der Waals surface area contributed by atoms with Gasteiger partial charge in [0.1, 0.15) is 6.04 Å². The van der Waals surface area contributed by atoms with Crippen LogP contribution in [0.25, 0.3) is 0 Å². The van der Waals surface area contributed by atoms with Crippen molar-refractivity contribution in [2.45, 2.75) is 43.8 Å². The zero-order chi connectivity index (χ0) is 14.8. The molecule has 0 radical (unpaired) electrons. The zero-order valence-electron chi connectivity index (χ0n) is 11.7. The van der Waals surface area contributed by atoms with E-state index in [1.807, 2.05) is 6.92 Å². The minimum Gasteiger partial charge on any atom is -0.468 e. The summed E-state index contributed by atoms with van der Waals surface area (Å²) in [6.07, 6.45) is 5.00. The molecule has 2 heterocycles. The van der Waals surface area contributed by atoms with Crippen LogP contribution >= 0.6 is 0 Å². The lowest BCUT2D eigenvalue weighted by Crippen LogP contribution is -2.48. The molecule has 0 amide bonds. The maximum absolute atomic E-state index is 12.6. The molecule has 8 heteroatoms. The molecule has 1 fully saturated rings. The lowest BCUT2D eigenvalue weighted by molar-refractivity contribution is -0.146. The number of aryl methyl sites for hydroxylation is 1. The number of rotatable bonds is 4. The van der Waals surface area contributed by atoms with Crippen molar-refractivity contribution in [2.24, 2.45) is 0 Å². The van der Waals surface area contributed by atoms with Crippen LogP contribution in [0.15, 0.2) is 17.6 Å². The van der Waals surface area contributed by atoms with Crippen molar-refractivity contribution in [3.8, 4) is 0 Å². The van der Waals surface area contributed by atoms with Crippen molar-refractivity contribution in [3.63, 3.8) is 0 Å². The van der Waals surface area contributed by atoms with Crippen LogP contribution in [-0.2, 0) is 26.1 Å². The van der Waals surface area contributed by atoms with Crippen LogP contribution in [0, 0.1) is 0 Å². The Bertz CT molecular complexity index is 581. The van der Waals surface area contributed by atoms with Gasteiger partial charge in [-0.1, -0.05) is 0 Å². The minimum absolute atomic E-state index is 0.0184. The van der Waals surface area contributed by atoms with Gasteiger partial charge in [-0.2, -0.15) is 4.31 Å². The summed E-state index contributed by atoms with van der Waals surface area (Å²) in [5, 5.41) is -0.0184. The number of hydrogen-bond acceptors (Lipinski definition) is 5. The molecule has 20 heavy (non-hydrogen) atoms. The Morgan fingerprint density at radius 3 is 2.85 bits per heavy atom. The monoisotopic (exact) mass is 301 g/mol.